The number of carbonyl (C=O) groups is 5. The number of rotatable bonds is 20. The zero-order valence-electron chi connectivity index (χ0n) is 91.9. The summed E-state index contributed by atoms with van der Waals surface area (Å²) >= 11 is 14.0. The van der Waals surface area contributed by atoms with Crippen molar-refractivity contribution in [3.63, 3.8) is 0 Å². The monoisotopic (exact) mass is 2240 g/mol. The molecule has 0 aromatic carbocycles. The average molecular weight is 2250 g/mol. The van der Waals surface area contributed by atoms with Crippen molar-refractivity contribution in [3.05, 3.63) is 84.6 Å². The summed E-state index contributed by atoms with van der Waals surface area (Å²) in [6, 6.07) is 7.44. The first-order valence-corrected chi connectivity index (χ1v) is 59.1. The Morgan fingerprint density at radius 3 is 1.07 bits per heavy atom. The third-order valence-electron chi connectivity index (χ3n) is 41.8. The number of hydrogen-bond donors (Lipinski definition) is 7. The van der Waals surface area contributed by atoms with Crippen LogP contribution in [0.4, 0.5) is 0 Å². The number of aromatic nitrogens is 13. The normalized spacial score (nSPS) is 38.2. The van der Waals surface area contributed by atoms with Gasteiger partial charge >= 0.3 is 103 Å². The molecule has 16 aliphatic carbocycles. The van der Waals surface area contributed by atoms with Gasteiger partial charge in [-0.3, -0.25) is 53.9 Å². The van der Waals surface area contributed by atoms with Crippen molar-refractivity contribution in [2.45, 2.75) is 308 Å². The second-order valence-electron chi connectivity index (χ2n) is 48.4. The molecule has 4 N–H and O–H groups in total. The van der Waals surface area contributed by atoms with E-state index in [0.29, 0.717) is 116 Å². The zero-order valence-corrected chi connectivity index (χ0v) is 101. The van der Waals surface area contributed by atoms with E-state index in [2.05, 4.69) is 147 Å². The van der Waals surface area contributed by atoms with Gasteiger partial charge in [0.25, 0.3) is 6.47 Å². The molecule has 30 nitrogen and oxygen atoms in total. The van der Waals surface area contributed by atoms with Crippen LogP contribution in [0.1, 0.15) is 268 Å². The molecular formula is C114H172BrK2N15O15S3. The van der Waals surface area contributed by atoms with Gasteiger partial charge < -0.3 is 50.9 Å². The quantitative estimate of drug-likeness (QED) is 0.00930. The number of Topliss-reactive ketones (excluding diaryl/α,β-unsaturated/α-hetero) is 4. The zero-order chi connectivity index (χ0) is 105. The molecular weight excluding hydrogens is 2070 g/mol. The molecule has 7 aromatic heterocycles. The molecule has 36 heteroatoms. The number of ether oxygens (including phenoxy) is 4. The van der Waals surface area contributed by atoms with Crippen LogP contribution >= 0.6 is 53.8 Å². The summed E-state index contributed by atoms with van der Waals surface area (Å²) in [5, 5.41) is 80.5. The van der Waals surface area contributed by atoms with Gasteiger partial charge in [0.2, 0.25) is 0 Å². The van der Waals surface area contributed by atoms with E-state index in [1.807, 2.05) is 24.3 Å². The summed E-state index contributed by atoms with van der Waals surface area (Å²) in [4.78, 5) is 90.5. The standard InChI is InChI=1S/3C27H38N4O3.C22H35BrO3.C6H5N3.CH2O3.3CH4S.CH4.2K.H/c1-26-10-7-19-18-8-11-27(33,16-34-2)13-17(18)3-4-20(19)21(26)5-6-22(26)25(32)15-31-24-9-12-28-14-23(24)29-30-31;1-26-10-7-19-18-8-11-27(33,16-34-2)13-17(18)3-4-20(19)21(26)5-6-22(26)25(32)15-31-24-14-28-12-9-23(24)29-30-31;1-26-10-7-19-18-8-11-27(33,16-34-2)13-17(18)3-4-20(19)21(26)5-6-22(26)25(32)15-31-29-23-9-12-28-14-24(23)30-31;1-21-9-7-16-15-8-10-22(25,13-26-2)11-14(15)3-4-17(16)18(21)5-6-19(21)20(24)12-23;1-2-7-3-6-5(1)8-4-9-6;2-1-4-3;3*1-2;;;;/h3*9,12,14,17-22,33H,3-8,10-11,13,15-16H2,1-2H3;14-19,25H,3-13H2,1-2H3;1-3H,4H2;1,3H;3*2H,1H3;1H4;;;/q;;;;;;;;;;2*+1;-1/p-1/t3*17-,18+,19-,20-,21+,22-,26+,27-;14-,15+,16-,17-,18+,19-,21+,22-;;;;;;;;;/m1111........./s1. The molecule has 1 aliphatic heterocycles. The Morgan fingerprint density at radius 1 is 0.387 bits per heavy atom. The van der Waals surface area contributed by atoms with Crippen molar-refractivity contribution < 1.29 is 178 Å². The van der Waals surface area contributed by atoms with Gasteiger partial charge in [0, 0.05) is 76.9 Å². The van der Waals surface area contributed by atoms with Crippen LogP contribution in [0.2, 0.25) is 0 Å². The molecule has 0 bridgehead atoms. The van der Waals surface area contributed by atoms with E-state index < -0.39 is 22.4 Å². The number of hydrogen-bond acceptors (Lipinski definition) is 30. The average Bonchev–Trinajstić information content (AvgIpc) is 1.63. The van der Waals surface area contributed by atoms with E-state index in [0.717, 1.165) is 236 Å². The third kappa shape index (κ3) is 26.0. The van der Waals surface area contributed by atoms with Crippen molar-refractivity contribution in [2.24, 2.45) is 174 Å². The maximum atomic E-state index is 13.6. The van der Waals surface area contributed by atoms with Crippen LogP contribution in [0.25, 0.3) is 33.1 Å². The first-order chi connectivity index (χ1) is 71.0. The van der Waals surface area contributed by atoms with Crippen LogP contribution in [0.3, 0.4) is 0 Å². The van der Waals surface area contributed by atoms with Crippen molar-refractivity contribution in [2.75, 3.05) is 85.6 Å². The number of alkyl halides is 1. The minimum Gasteiger partial charge on any atom is -1.00 e. The van der Waals surface area contributed by atoms with Gasteiger partial charge in [0.15, 0.2) is 17.3 Å². The molecule has 150 heavy (non-hydrogen) atoms. The number of fused-ring (bicyclic) bond motifs is 24. The fourth-order valence-corrected chi connectivity index (χ4v) is 36.4. The number of pyridine rings is 4. The summed E-state index contributed by atoms with van der Waals surface area (Å²) in [7, 11) is 6.79. The van der Waals surface area contributed by atoms with E-state index >= 15 is 0 Å². The predicted octanol–water partition coefficient (Wildman–Crippen LogP) is 10.8. The molecule has 16 saturated carbocycles. The molecule has 16 fully saturated rings. The minimum absolute atomic E-state index is 0. The van der Waals surface area contributed by atoms with Crippen molar-refractivity contribution >= 4 is 117 Å². The first kappa shape index (κ1) is 124. The summed E-state index contributed by atoms with van der Waals surface area (Å²) in [6.45, 7) is 12.8. The molecule has 0 amide bonds. The number of nitrogens with zero attached hydrogens (tertiary/aromatic N) is 15. The van der Waals surface area contributed by atoms with Crippen LogP contribution < -0.4 is 119 Å². The maximum Gasteiger partial charge on any atom is 1.00 e. The van der Waals surface area contributed by atoms with Crippen LogP contribution in [0.15, 0.2) is 83.8 Å². The molecule has 820 valence electrons. The molecule has 0 saturated heterocycles. The van der Waals surface area contributed by atoms with Crippen molar-refractivity contribution in [1.29, 1.82) is 0 Å². The van der Waals surface area contributed by atoms with Gasteiger partial charge in [-0.25, -0.2) is 9.36 Å². The number of aliphatic hydroxyl groups is 4. The largest absolute Gasteiger partial charge is 1.00 e. The number of halogens is 1. The molecule has 7 aromatic rings. The first-order valence-electron chi connectivity index (χ1n) is 55.3. The smallest absolute Gasteiger partial charge is 1.00 e. The van der Waals surface area contributed by atoms with E-state index in [-0.39, 0.29) is 170 Å². The Labute approximate surface area is 1000 Å². The van der Waals surface area contributed by atoms with E-state index in [1.54, 1.807) is 111 Å². The number of ketones is 4. The van der Waals surface area contributed by atoms with Gasteiger partial charge in [-0.15, -0.1) is 10.2 Å². The Hall–Kier alpha value is -3.01. The molecule has 24 rings (SSSR count). The fraction of sp³-hybridized carbons (Fsp3) is 0.781. The van der Waals surface area contributed by atoms with Crippen LogP contribution in [-0.2, 0) is 67.4 Å². The van der Waals surface area contributed by atoms with Gasteiger partial charge in [-0.05, 0) is 414 Å². The molecule has 0 spiro atoms. The Balaban J connectivity index is 0.000000167. The Bertz CT molecular complexity index is 5490. The molecule has 0 unspecified atom stereocenters. The van der Waals surface area contributed by atoms with Crippen molar-refractivity contribution in [3.8, 4) is 0 Å². The van der Waals surface area contributed by atoms with E-state index in [4.69, 9.17) is 29.0 Å². The Morgan fingerprint density at radius 2 is 0.700 bits per heavy atom. The fourth-order valence-electron chi connectivity index (χ4n) is 36.0. The number of methoxy groups -OCH3 is 4. The summed E-state index contributed by atoms with van der Waals surface area (Å²) in [5.41, 5.74) is 2.87. The Kier molecular flexibility index (Phi) is 45.2. The van der Waals surface area contributed by atoms with Gasteiger partial charge in [0.05, 0.1) is 89.8 Å². The van der Waals surface area contributed by atoms with Crippen LogP contribution in [-0.4, -0.2) is 223 Å². The summed E-state index contributed by atoms with van der Waals surface area (Å²) in [5.74, 6) is 16.4. The summed E-state index contributed by atoms with van der Waals surface area (Å²) in [6.07, 6.45) is 59.2. The molecule has 32 atom stereocenters. The van der Waals surface area contributed by atoms with Crippen LogP contribution in [0, 0.1) is 164 Å². The number of carbonyl (C=O) groups excluding carboxylic acids is 5. The van der Waals surface area contributed by atoms with Gasteiger partial charge in [-0.2, -0.15) is 52.9 Å². The van der Waals surface area contributed by atoms with Crippen LogP contribution in [0.5, 0.6) is 0 Å². The van der Waals surface area contributed by atoms with E-state index in [1.165, 1.54) is 116 Å². The molecule has 0 radical (unpaired) electrons. The predicted molar refractivity (Wildman–Crippen MR) is 581 cm³/mol. The topological polar surface area (TPSA) is 404 Å². The van der Waals surface area contributed by atoms with E-state index in [9.17, 15) is 39.6 Å². The second-order valence-corrected chi connectivity index (χ2v) is 48.9. The third-order valence-corrected chi connectivity index (χ3v) is 42.4. The minimum atomic E-state index is -0.627. The summed E-state index contributed by atoms with van der Waals surface area (Å²) < 4.78 is 24.8. The van der Waals surface area contributed by atoms with Crippen molar-refractivity contribution in [1.82, 2.24) is 64.9 Å². The molecule has 8 heterocycles. The maximum absolute atomic E-state index is 13.6. The molecule has 17 aliphatic rings. The SMILES string of the molecule is C.COC[C@@]1(O)CC[C@H]2[C@H](CC[C@@H]3[C@@H]2CC[C@]2(C)[C@@H](C(=O)CBr)CC[C@@H]32)C1.COC[C@@]1(O)CC[C@H]2[C@H](CC[C@@H]3[C@@H]2CC[C@]2(C)[C@@H](C(=O)Cn4nc5ccncc5n4)CC[C@@H]32)C1.COC[C@@]1(O)CC[C@H]2[C@H](CC[C@@H]3[C@@H]2CC[C@]2(C)[C@@H](C(=O)Cn4nnc5ccncc54)CC[C@@H]32)C1.COC[C@@]1(O)CC[C@H]2[C@H](CC[C@@H]3[C@@H]2CC[C@]2(C)[C@@H](C(=O)Cn4nnc5cnccc54)CC[C@@H]32)C1.CS.CS.CS.O=CO[O-].[H-].[K+].[K+].c1cc2c(cn1)=NCN=2. The van der Waals surface area contributed by atoms with Gasteiger partial charge in [0.1, 0.15) is 65.0 Å². The second kappa shape index (κ2) is 54.6. The number of thiol groups is 3. The van der Waals surface area contributed by atoms with Gasteiger partial charge in [-0.1, -0.05) is 61.5 Å².